The lowest BCUT2D eigenvalue weighted by atomic mass is 9.96. The fraction of sp³-hybridized carbons (Fsp3) is 0.682. The van der Waals surface area contributed by atoms with Gasteiger partial charge >= 0.3 is 0 Å². The number of nitrogens with zero attached hydrogens (tertiary/aromatic N) is 3. The van der Waals surface area contributed by atoms with Gasteiger partial charge in [0, 0.05) is 39.3 Å². The molecule has 3 rings (SSSR count). The molecule has 1 aliphatic heterocycles. The molecular formula is C22H36N4O4S. The third-order valence-electron chi connectivity index (χ3n) is 6.42. The van der Waals surface area contributed by atoms with Crippen molar-refractivity contribution in [3.63, 3.8) is 0 Å². The minimum absolute atomic E-state index is 0.104. The first-order chi connectivity index (χ1) is 14.8. The fourth-order valence-electron chi connectivity index (χ4n) is 4.39. The topological polar surface area (TPSA) is 82.2 Å². The largest absolute Gasteiger partial charge is 0.492 e. The van der Waals surface area contributed by atoms with Gasteiger partial charge in [0.25, 0.3) is 10.2 Å². The molecule has 8 nitrogen and oxygen atoms in total. The number of hydrogen-bond donors (Lipinski definition) is 1. The van der Waals surface area contributed by atoms with Gasteiger partial charge in [0.2, 0.25) is 5.91 Å². The van der Waals surface area contributed by atoms with Crippen LogP contribution in [0.2, 0.25) is 0 Å². The van der Waals surface area contributed by atoms with E-state index >= 15 is 0 Å². The molecule has 1 unspecified atom stereocenters. The molecule has 1 atom stereocenters. The maximum Gasteiger partial charge on any atom is 0.282 e. The molecule has 1 aromatic rings. The molecule has 0 bridgehead atoms. The number of carbonyl (C=O) groups excluding carboxylic acids is 1. The van der Waals surface area contributed by atoms with Gasteiger partial charge < -0.3 is 10.1 Å². The van der Waals surface area contributed by atoms with Gasteiger partial charge in [-0.15, -0.1) is 0 Å². The highest BCUT2D eigenvalue weighted by atomic mass is 32.2. The van der Waals surface area contributed by atoms with Crippen molar-refractivity contribution in [3.05, 3.63) is 24.3 Å². The summed E-state index contributed by atoms with van der Waals surface area (Å²) in [4.78, 5) is 14.8. The van der Waals surface area contributed by atoms with Crippen LogP contribution in [0.3, 0.4) is 0 Å². The second kappa shape index (κ2) is 10.8. The van der Waals surface area contributed by atoms with Crippen molar-refractivity contribution >= 4 is 21.8 Å². The molecule has 1 saturated heterocycles. The van der Waals surface area contributed by atoms with Crippen LogP contribution in [0.4, 0.5) is 5.69 Å². The summed E-state index contributed by atoms with van der Waals surface area (Å²) in [5, 5.41) is 2.95. The molecule has 174 valence electrons. The number of anilines is 1. The Bertz CT molecular complexity index is 834. The van der Waals surface area contributed by atoms with Crippen molar-refractivity contribution in [1.82, 2.24) is 13.5 Å². The van der Waals surface area contributed by atoms with E-state index in [1.165, 1.54) is 6.42 Å². The summed E-state index contributed by atoms with van der Waals surface area (Å²) in [5.74, 6) is 0.523. The first-order valence-corrected chi connectivity index (χ1v) is 12.7. The van der Waals surface area contributed by atoms with E-state index in [0.717, 1.165) is 25.7 Å². The van der Waals surface area contributed by atoms with Crippen LogP contribution < -0.4 is 10.1 Å². The van der Waals surface area contributed by atoms with E-state index in [4.69, 9.17) is 4.74 Å². The molecule has 1 amide bonds. The van der Waals surface area contributed by atoms with Crippen LogP contribution in [0, 0.1) is 0 Å². The summed E-state index contributed by atoms with van der Waals surface area (Å²) >= 11 is 0. The quantitative estimate of drug-likeness (QED) is 0.656. The minimum Gasteiger partial charge on any atom is -0.492 e. The molecule has 0 spiro atoms. The summed E-state index contributed by atoms with van der Waals surface area (Å²) in [6, 6.07) is 7.11. The summed E-state index contributed by atoms with van der Waals surface area (Å²) < 4.78 is 34.9. The molecule has 1 N–H and O–H groups in total. The molecule has 2 fully saturated rings. The highest BCUT2D eigenvalue weighted by Crippen LogP contribution is 2.26. The molecular weight excluding hydrogens is 416 g/mol. The van der Waals surface area contributed by atoms with E-state index in [2.05, 4.69) is 5.32 Å². The zero-order chi connectivity index (χ0) is 22.4. The molecule has 1 aromatic carbocycles. The molecule has 31 heavy (non-hydrogen) atoms. The molecule has 1 saturated carbocycles. The van der Waals surface area contributed by atoms with Gasteiger partial charge in [-0.2, -0.15) is 17.0 Å². The van der Waals surface area contributed by atoms with Gasteiger partial charge in [0.05, 0.1) is 18.3 Å². The maximum atomic E-state index is 13.1. The van der Waals surface area contributed by atoms with Crippen molar-refractivity contribution in [2.24, 2.45) is 0 Å². The highest BCUT2D eigenvalue weighted by Gasteiger charge is 2.36. The van der Waals surface area contributed by atoms with Crippen LogP contribution in [-0.4, -0.2) is 79.8 Å². The van der Waals surface area contributed by atoms with Gasteiger partial charge in [-0.05, 0) is 38.8 Å². The molecule has 0 aromatic heterocycles. The van der Waals surface area contributed by atoms with Crippen LogP contribution in [0.25, 0.3) is 0 Å². The Hall–Kier alpha value is -1.68. The number of carbonyl (C=O) groups is 1. The van der Waals surface area contributed by atoms with Crippen molar-refractivity contribution in [2.75, 3.05) is 45.2 Å². The highest BCUT2D eigenvalue weighted by molar-refractivity contribution is 7.86. The predicted octanol–water partition coefficient (Wildman–Crippen LogP) is 2.54. The third kappa shape index (κ3) is 5.77. The summed E-state index contributed by atoms with van der Waals surface area (Å²) in [6.45, 7) is 6.13. The molecule has 2 aliphatic rings. The lowest BCUT2D eigenvalue weighted by Gasteiger charge is -2.40. The van der Waals surface area contributed by atoms with Gasteiger partial charge in [0.1, 0.15) is 5.75 Å². The van der Waals surface area contributed by atoms with Crippen molar-refractivity contribution in [2.45, 2.75) is 58.0 Å². The summed E-state index contributed by atoms with van der Waals surface area (Å²) in [7, 11) is -1.76. The standard InChI is InChI=1S/C22H36N4O4S/c1-4-30-21-13-9-8-12-20(21)23-22(27)18(2)25-14-16-26(17-15-25)31(28,29)24(3)19-10-6-5-7-11-19/h8-9,12-13,18-19H,4-7,10-11,14-17H2,1-3H3,(H,23,27). The average molecular weight is 453 g/mol. The molecule has 0 radical (unpaired) electrons. The summed E-state index contributed by atoms with van der Waals surface area (Å²) in [6.07, 6.45) is 5.26. The number of ether oxygens (including phenoxy) is 1. The number of nitrogens with one attached hydrogen (secondary N) is 1. The van der Waals surface area contributed by atoms with Crippen LogP contribution >= 0.6 is 0 Å². The Morgan fingerprint density at radius 2 is 1.81 bits per heavy atom. The van der Waals surface area contributed by atoms with Crippen molar-refractivity contribution in [1.29, 1.82) is 0 Å². The van der Waals surface area contributed by atoms with E-state index in [1.807, 2.05) is 43.0 Å². The summed E-state index contributed by atoms with van der Waals surface area (Å²) in [5.41, 5.74) is 0.650. The first-order valence-electron chi connectivity index (χ1n) is 11.3. The maximum absolute atomic E-state index is 13.1. The predicted molar refractivity (Wildman–Crippen MR) is 122 cm³/mol. The smallest absolute Gasteiger partial charge is 0.282 e. The van der Waals surface area contributed by atoms with Gasteiger partial charge in [0.15, 0.2) is 0 Å². The van der Waals surface area contributed by atoms with Crippen molar-refractivity contribution in [3.8, 4) is 5.75 Å². The monoisotopic (exact) mass is 452 g/mol. The number of amides is 1. The van der Waals surface area contributed by atoms with E-state index in [0.29, 0.717) is 44.2 Å². The Morgan fingerprint density at radius 3 is 2.45 bits per heavy atom. The van der Waals surface area contributed by atoms with E-state index < -0.39 is 10.2 Å². The van der Waals surface area contributed by atoms with Gasteiger partial charge in [-0.3, -0.25) is 9.69 Å². The van der Waals surface area contributed by atoms with E-state index in [-0.39, 0.29) is 18.0 Å². The van der Waals surface area contributed by atoms with E-state index in [1.54, 1.807) is 15.7 Å². The molecule has 9 heteroatoms. The number of piperazine rings is 1. The van der Waals surface area contributed by atoms with Gasteiger partial charge in [-0.25, -0.2) is 0 Å². The van der Waals surface area contributed by atoms with Crippen LogP contribution in [-0.2, 0) is 15.0 Å². The minimum atomic E-state index is -3.47. The molecule has 1 heterocycles. The second-order valence-electron chi connectivity index (χ2n) is 8.35. The van der Waals surface area contributed by atoms with Crippen LogP contribution in [0.1, 0.15) is 46.0 Å². The SMILES string of the molecule is CCOc1ccccc1NC(=O)C(C)N1CCN(S(=O)(=O)N(C)C2CCCCC2)CC1. The Morgan fingerprint density at radius 1 is 1.16 bits per heavy atom. The van der Waals surface area contributed by atoms with E-state index in [9.17, 15) is 13.2 Å². The van der Waals surface area contributed by atoms with Gasteiger partial charge in [-0.1, -0.05) is 31.4 Å². The first kappa shape index (κ1) is 24.0. The zero-order valence-electron chi connectivity index (χ0n) is 18.9. The lowest BCUT2D eigenvalue weighted by molar-refractivity contribution is -0.121. The number of hydrogen-bond acceptors (Lipinski definition) is 5. The lowest BCUT2D eigenvalue weighted by Crippen LogP contribution is -2.57. The number of rotatable bonds is 8. The zero-order valence-corrected chi connectivity index (χ0v) is 19.7. The fourth-order valence-corrected chi connectivity index (χ4v) is 5.97. The number of benzene rings is 1. The number of para-hydroxylation sites is 2. The normalized spacial score (nSPS) is 20.5. The average Bonchev–Trinajstić information content (AvgIpc) is 2.80. The van der Waals surface area contributed by atoms with Crippen LogP contribution in [0.5, 0.6) is 5.75 Å². The molecule has 1 aliphatic carbocycles. The van der Waals surface area contributed by atoms with Crippen molar-refractivity contribution < 1.29 is 17.9 Å². The Labute approximate surface area is 186 Å². The Kier molecular flexibility index (Phi) is 8.32. The Balaban J connectivity index is 1.55. The third-order valence-corrected chi connectivity index (χ3v) is 8.47. The second-order valence-corrected chi connectivity index (χ2v) is 10.3. The van der Waals surface area contributed by atoms with Crippen LogP contribution in [0.15, 0.2) is 24.3 Å².